The molecule has 1 aromatic rings. The summed E-state index contributed by atoms with van der Waals surface area (Å²) < 4.78 is 26.3. The number of hydrogen-bond acceptors (Lipinski definition) is 2. The molecule has 0 aromatic heterocycles. The van der Waals surface area contributed by atoms with E-state index in [4.69, 9.17) is 5.11 Å². The number of halogens is 2. The van der Waals surface area contributed by atoms with Crippen LogP contribution in [0.15, 0.2) is 18.2 Å². The molecular formula is C13H16F2N2O3. The molecule has 1 unspecified atom stereocenters. The maximum atomic E-state index is 13.4. The fourth-order valence-corrected chi connectivity index (χ4v) is 1.73. The first kappa shape index (κ1) is 15.9. The number of benzene rings is 1. The Kier molecular flexibility index (Phi) is 5.01. The van der Waals surface area contributed by atoms with E-state index in [2.05, 4.69) is 10.6 Å². The average molecular weight is 286 g/mol. The number of carbonyl (C=O) groups excluding carboxylic acids is 1. The summed E-state index contributed by atoms with van der Waals surface area (Å²) in [6.45, 7) is 3.12. The number of aliphatic carboxylic acids is 1. The molecular weight excluding hydrogens is 270 g/mol. The van der Waals surface area contributed by atoms with Crippen LogP contribution in [0.4, 0.5) is 19.3 Å². The standard InChI is InChI=1S/C13H16F2N2O3/c1-3-7-13(2,11(18)19)17-12(20)16-9-6-4-5-8(14)10(9)15/h4-6H,3,7H2,1-2H3,(H,18,19)(H2,16,17,20). The molecule has 0 aliphatic carbocycles. The summed E-state index contributed by atoms with van der Waals surface area (Å²) in [6.07, 6.45) is 0.749. The van der Waals surface area contributed by atoms with Crippen molar-refractivity contribution in [2.75, 3.05) is 5.32 Å². The summed E-state index contributed by atoms with van der Waals surface area (Å²) >= 11 is 0. The summed E-state index contributed by atoms with van der Waals surface area (Å²) in [5.41, 5.74) is -1.82. The molecule has 0 aliphatic heterocycles. The summed E-state index contributed by atoms with van der Waals surface area (Å²) in [4.78, 5) is 22.8. The number of carbonyl (C=O) groups is 2. The molecule has 1 aromatic carbocycles. The Labute approximate surface area is 115 Å². The fraction of sp³-hybridized carbons (Fsp3) is 0.385. The third-order valence-electron chi connectivity index (χ3n) is 2.81. The topological polar surface area (TPSA) is 78.4 Å². The van der Waals surface area contributed by atoms with Crippen molar-refractivity contribution < 1.29 is 23.5 Å². The van der Waals surface area contributed by atoms with Gasteiger partial charge in [-0.3, -0.25) is 0 Å². The Balaban J connectivity index is 2.81. The lowest BCUT2D eigenvalue weighted by Gasteiger charge is -2.25. The van der Waals surface area contributed by atoms with Gasteiger partial charge in [0.15, 0.2) is 11.6 Å². The number of rotatable bonds is 5. The Morgan fingerprint density at radius 1 is 1.35 bits per heavy atom. The van der Waals surface area contributed by atoms with Crippen LogP contribution < -0.4 is 10.6 Å². The van der Waals surface area contributed by atoms with Gasteiger partial charge in [-0.05, 0) is 25.5 Å². The second kappa shape index (κ2) is 6.31. The van der Waals surface area contributed by atoms with Crippen molar-refractivity contribution in [2.24, 2.45) is 0 Å². The first-order valence-electron chi connectivity index (χ1n) is 6.06. The number of hydrogen-bond donors (Lipinski definition) is 3. The van der Waals surface area contributed by atoms with Crippen molar-refractivity contribution in [1.29, 1.82) is 0 Å². The van der Waals surface area contributed by atoms with E-state index in [1.54, 1.807) is 6.92 Å². The van der Waals surface area contributed by atoms with Crippen molar-refractivity contribution >= 4 is 17.7 Å². The highest BCUT2D eigenvalue weighted by molar-refractivity contribution is 5.93. The maximum Gasteiger partial charge on any atom is 0.329 e. The molecule has 0 heterocycles. The zero-order chi connectivity index (χ0) is 15.3. The van der Waals surface area contributed by atoms with Crippen molar-refractivity contribution in [1.82, 2.24) is 5.32 Å². The SMILES string of the molecule is CCCC(C)(NC(=O)Nc1cccc(F)c1F)C(=O)O. The van der Waals surface area contributed by atoms with Crippen LogP contribution in [0.2, 0.25) is 0 Å². The molecule has 0 aliphatic rings. The summed E-state index contributed by atoms with van der Waals surface area (Å²) in [5, 5.41) is 13.4. The van der Waals surface area contributed by atoms with Crippen LogP contribution in [0.25, 0.3) is 0 Å². The summed E-state index contributed by atoms with van der Waals surface area (Å²) in [7, 11) is 0. The fourth-order valence-electron chi connectivity index (χ4n) is 1.73. The lowest BCUT2D eigenvalue weighted by Crippen LogP contribution is -2.53. The minimum Gasteiger partial charge on any atom is -0.480 e. The van der Waals surface area contributed by atoms with Gasteiger partial charge in [0.1, 0.15) is 5.54 Å². The lowest BCUT2D eigenvalue weighted by molar-refractivity contribution is -0.143. The van der Waals surface area contributed by atoms with Crippen molar-refractivity contribution in [3.8, 4) is 0 Å². The van der Waals surface area contributed by atoms with E-state index >= 15 is 0 Å². The highest BCUT2D eigenvalue weighted by atomic mass is 19.2. The molecule has 1 rings (SSSR count). The van der Waals surface area contributed by atoms with Gasteiger partial charge in [0, 0.05) is 0 Å². The van der Waals surface area contributed by atoms with E-state index in [0.29, 0.717) is 6.42 Å². The Morgan fingerprint density at radius 2 is 2.00 bits per heavy atom. The van der Waals surface area contributed by atoms with Crippen LogP contribution in [0.3, 0.4) is 0 Å². The Bertz CT molecular complexity index is 522. The molecule has 0 bridgehead atoms. The first-order valence-corrected chi connectivity index (χ1v) is 6.06. The molecule has 0 radical (unpaired) electrons. The van der Waals surface area contributed by atoms with Gasteiger partial charge in [0.05, 0.1) is 5.69 Å². The molecule has 2 amide bonds. The molecule has 0 saturated heterocycles. The normalized spacial score (nSPS) is 13.4. The van der Waals surface area contributed by atoms with Gasteiger partial charge in [0.2, 0.25) is 0 Å². The molecule has 3 N–H and O–H groups in total. The number of urea groups is 1. The van der Waals surface area contributed by atoms with Gasteiger partial charge in [-0.15, -0.1) is 0 Å². The Hall–Kier alpha value is -2.18. The maximum absolute atomic E-state index is 13.4. The Morgan fingerprint density at radius 3 is 2.55 bits per heavy atom. The number of anilines is 1. The van der Waals surface area contributed by atoms with Crippen molar-refractivity contribution in [3.63, 3.8) is 0 Å². The van der Waals surface area contributed by atoms with Crippen LogP contribution in [0.1, 0.15) is 26.7 Å². The van der Waals surface area contributed by atoms with Gasteiger partial charge in [-0.1, -0.05) is 19.4 Å². The largest absolute Gasteiger partial charge is 0.480 e. The van der Waals surface area contributed by atoms with Crippen LogP contribution in [0, 0.1) is 11.6 Å². The third-order valence-corrected chi connectivity index (χ3v) is 2.81. The van der Waals surface area contributed by atoms with E-state index in [9.17, 15) is 18.4 Å². The predicted molar refractivity (Wildman–Crippen MR) is 69.5 cm³/mol. The summed E-state index contributed by atoms with van der Waals surface area (Å²) in [5.74, 6) is -3.50. The first-order chi connectivity index (χ1) is 9.30. The zero-order valence-electron chi connectivity index (χ0n) is 11.2. The molecule has 7 heteroatoms. The second-order valence-electron chi connectivity index (χ2n) is 4.57. The zero-order valence-corrected chi connectivity index (χ0v) is 11.2. The van der Waals surface area contributed by atoms with E-state index in [-0.39, 0.29) is 12.1 Å². The van der Waals surface area contributed by atoms with E-state index in [1.807, 2.05) is 0 Å². The highest BCUT2D eigenvalue weighted by Crippen LogP contribution is 2.17. The number of carboxylic acid groups (broad SMARTS) is 1. The average Bonchev–Trinajstić information content (AvgIpc) is 2.35. The van der Waals surface area contributed by atoms with Crippen LogP contribution in [0.5, 0.6) is 0 Å². The molecule has 0 spiro atoms. The molecule has 0 fully saturated rings. The number of amides is 2. The molecule has 0 saturated carbocycles. The predicted octanol–water partition coefficient (Wildman–Crippen LogP) is 2.73. The molecule has 110 valence electrons. The monoisotopic (exact) mass is 286 g/mol. The van der Waals surface area contributed by atoms with Crippen LogP contribution in [-0.4, -0.2) is 22.6 Å². The van der Waals surface area contributed by atoms with E-state index in [1.165, 1.54) is 19.1 Å². The van der Waals surface area contributed by atoms with Crippen LogP contribution >= 0.6 is 0 Å². The minimum atomic E-state index is -1.47. The second-order valence-corrected chi connectivity index (χ2v) is 4.57. The minimum absolute atomic E-state index is 0.210. The summed E-state index contributed by atoms with van der Waals surface area (Å²) in [6, 6.07) is 2.41. The molecule has 20 heavy (non-hydrogen) atoms. The quantitative estimate of drug-likeness (QED) is 0.778. The van der Waals surface area contributed by atoms with Crippen molar-refractivity contribution in [2.45, 2.75) is 32.2 Å². The number of carboxylic acids is 1. The van der Waals surface area contributed by atoms with Gasteiger partial charge < -0.3 is 15.7 Å². The smallest absolute Gasteiger partial charge is 0.329 e. The van der Waals surface area contributed by atoms with Gasteiger partial charge in [0.25, 0.3) is 0 Å². The van der Waals surface area contributed by atoms with Crippen molar-refractivity contribution in [3.05, 3.63) is 29.8 Å². The van der Waals surface area contributed by atoms with E-state index in [0.717, 1.165) is 6.07 Å². The molecule has 5 nitrogen and oxygen atoms in total. The van der Waals surface area contributed by atoms with Crippen LogP contribution in [-0.2, 0) is 4.79 Å². The van der Waals surface area contributed by atoms with Gasteiger partial charge in [-0.25, -0.2) is 18.4 Å². The molecule has 1 atom stereocenters. The van der Waals surface area contributed by atoms with Gasteiger partial charge in [-0.2, -0.15) is 0 Å². The van der Waals surface area contributed by atoms with E-state index < -0.39 is 29.2 Å². The number of nitrogens with one attached hydrogen (secondary N) is 2. The third kappa shape index (κ3) is 3.66. The highest BCUT2D eigenvalue weighted by Gasteiger charge is 2.34. The van der Waals surface area contributed by atoms with Gasteiger partial charge >= 0.3 is 12.0 Å². The lowest BCUT2D eigenvalue weighted by atomic mass is 9.97.